The summed E-state index contributed by atoms with van der Waals surface area (Å²) < 4.78 is 27.0. The van der Waals surface area contributed by atoms with E-state index in [-0.39, 0.29) is 29.9 Å². The maximum absolute atomic E-state index is 11.3. The minimum Gasteiger partial charge on any atom is -0.469 e. The van der Waals surface area contributed by atoms with E-state index in [0.29, 0.717) is 6.42 Å². The maximum Gasteiger partial charge on any atom is 0.305 e. The lowest BCUT2D eigenvalue weighted by atomic mass is 9.96. The first-order valence-electron chi connectivity index (χ1n) is 4.47. The van der Waals surface area contributed by atoms with Crippen molar-refractivity contribution < 1.29 is 17.9 Å². The fourth-order valence-corrected chi connectivity index (χ4v) is 3.41. The van der Waals surface area contributed by atoms with Gasteiger partial charge in [-0.15, -0.1) is 0 Å². The molecule has 0 aromatic rings. The van der Waals surface area contributed by atoms with Gasteiger partial charge < -0.3 is 10.5 Å². The minimum absolute atomic E-state index is 0.00324. The molecular weight excluding hydrogens is 206 g/mol. The Morgan fingerprint density at radius 2 is 2.21 bits per heavy atom. The third-order valence-corrected chi connectivity index (χ3v) is 4.29. The van der Waals surface area contributed by atoms with Gasteiger partial charge in [-0.1, -0.05) is 0 Å². The zero-order valence-corrected chi connectivity index (χ0v) is 8.92. The molecule has 2 atom stereocenters. The molecule has 14 heavy (non-hydrogen) atoms. The van der Waals surface area contributed by atoms with Crippen molar-refractivity contribution in [3.05, 3.63) is 0 Å². The molecule has 0 amide bonds. The summed E-state index contributed by atoms with van der Waals surface area (Å²) >= 11 is 0. The number of carbonyl (C=O) groups excluding carboxylic acids is 1. The summed E-state index contributed by atoms with van der Waals surface area (Å²) in [7, 11) is -1.72. The van der Waals surface area contributed by atoms with E-state index in [1.165, 1.54) is 7.11 Å². The Labute approximate surface area is 83.5 Å². The molecule has 1 heterocycles. The van der Waals surface area contributed by atoms with Crippen LogP contribution in [0.15, 0.2) is 0 Å². The highest BCUT2D eigenvalue weighted by molar-refractivity contribution is 7.91. The van der Waals surface area contributed by atoms with Crippen LogP contribution in [-0.4, -0.2) is 39.0 Å². The van der Waals surface area contributed by atoms with Gasteiger partial charge in [0.15, 0.2) is 9.84 Å². The molecule has 5 nitrogen and oxygen atoms in total. The van der Waals surface area contributed by atoms with Gasteiger partial charge in [0.1, 0.15) is 0 Å². The monoisotopic (exact) mass is 221 g/mol. The van der Waals surface area contributed by atoms with Gasteiger partial charge >= 0.3 is 5.97 Å². The van der Waals surface area contributed by atoms with Crippen molar-refractivity contribution in [3.8, 4) is 0 Å². The lowest BCUT2D eigenvalue weighted by Gasteiger charge is -2.27. The Kier molecular flexibility index (Phi) is 3.49. The average molecular weight is 221 g/mol. The van der Waals surface area contributed by atoms with E-state index in [1.807, 2.05) is 0 Å². The molecule has 6 heteroatoms. The Morgan fingerprint density at radius 3 is 2.79 bits per heavy atom. The molecule has 0 unspecified atom stereocenters. The van der Waals surface area contributed by atoms with Crippen LogP contribution in [0.2, 0.25) is 0 Å². The Balaban J connectivity index is 2.62. The average Bonchev–Trinajstić information content (AvgIpc) is 2.11. The van der Waals surface area contributed by atoms with Crippen molar-refractivity contribution in [1.29, 1.82) is 0 Å². The van der Waals surface area contributed by atoms with Crippen LogP contribution >= 0.6 is 0 Å². The van der Waals surface area contributed by atoms with Crippen molar-refractivity contribution in [2.75, 3.05) is 18.6 Å². The second-order valence-electron chi connectivity index (χ2n) is 3.61. The molecule has 0 bridgehead atoms. The van der Waals surface area contributed by atoms with Crippen LogP contribution in [0.3, 0.4) is 0 Å². The second-order valence-corrected chi connectivity index (χ2v) is 5.84. The van der Waals surface area contributed by atoms with E-state index in [2.05, 4.69) is 4.74 Å². The van der Waals surface area contributed by atoms with Crippen LogP contribution in [0.25, 0.3) is 0 Å². The zero-order valence-electron chi connectivity index (χ0n) is 8.10. The summed E-state index contributed by atoms with van der Waals surface area (Å²) in [6.45, 7) is 0. The first-order chi connectivity index (χ1) is 6.44. The molecule has 0 aromatic carbocycles. The Morgan fingerprint density at radius 1 is 1.57 bits per heavy atom. The molecule has 0 aromatic heterocycles. The highest BCUT2D eigenvalue weighted by atomic mass is 32.2. The van der Waals surface area contributed by atoms with Crippen LogP contribution in [0, 0.1) is 5.92 Å². The van der Waals surface area contributed by atoms with Gasteiger partial charge in [0.2, 0.25) is 0 Å². The van der Waals surface area contributed by atoms with Gasteiger partial charge in [0, 0.05) is 6.04 Å². The highest BCUT2D eigenvalue weighted by Crippen LogP contribution is 2.20. The van der Waals surface area contributed by atoms with Gasteiger partial charge in [-0.25, -0.2) is 8.42 Å². The smallest absolute Gasteiger partial charge is 0.305 e. The van der Waals surface area contributed by atoms with Crippen molar-refractivity contribution in [1.82, 2.24) is 0 Å². The molecule has 1 saturated heterocycles. The fourth-order valence-electron chi connectivity index (χ4n) is 1.59. The Hall–Kier alpha value is -0.620. The topological polar surface area (TPSA) is 86.5 Å². The van der Waals surface area contributed by atoms with Gasteiger partial charge in [-0.3, -0.25) is 4.79 Å². The second kappa shape index (κ2) is 4.27. The van der Waals surface area contributed by atoms with Gasteiger partial charge in [0.05, 0.1) is 25.0 Å². The molecule has 0 spiro atoms. The van der Waals surface area contributed by atoms with E-state index >= 15 is 0 Å². The summed E-state index contributed by atoms with van der Waals surface area (Å²) in [5, 5.41) is 0. The summed E-state index contributed by atoms with van der Waals surface area (Å²) in [4.78, 5) is 11.0. The van der Waals surface area contributed by atoms with E-state index in [9.17, 15) is 13.2 Å². The van der Waals surface area contributed by atoms with Crippen molar-refractivity contribution in [2.24, 2.45) is 11.7 Å². The number of methoxy groups -OCH3 is 1. The molecule has 1 aliphatic heterocycles. The number of sulfone groups is 1. The summed E-state index contributed by atoms with van der Waals surface area (Å²) in [6.07, 6.45) is 0.529. The third kappa shape index (κ3) is 2.95. The third-order valence-electron chi connectivity index (χ3n) is 2.49. The molecular formula is C8H15NO4S. The van der Waals surface area contributed by atoms with Crippen LogP contribution in [0.1, 0.15) is 12.8 Å². The van der Waals surface area contributed by atoms with Crippen molar-refractivity contribution in [2.45, 2.75) is 18.9 Å². The normalized spacial score (nSPS) is 31.0. The van der Waals surface area contributed by atoms with E-state index in [1.54, 1.807) is 0 Å². The maximum atomic E-state index is 11.3. The predicted molar refractivity (Wildman–Crippen MR) is 51.4 cm³/mol. The van der Waals surface area contributed by atoms with Crippen LogP contribution in [0.4, 0.5) is 0 Å². The molecule has 0 radical (unpaired) electrons. The van der Waals surface area contributed by atoms with Crippen LogP contribution in [0.5, 0.6) is 0 Å². The van der Waals surface area contributed by atoms with E-state index in [4.69, 9.17) is 5.73 Å². The van der Waals surface area contributed by atoms with Crippen molar-refractivity contribution >= 4 is 15.8 Å². The zero-order chi connectivity index (χ0) is 10.8. The van der Waals surface area contributed by atoms with Crippen LogP contribution in [-0.2, 0) is 19.4 Å². The van der Waals surface area contributed by atoms with Crippen LogP contribution < -0.4 is 5.73 Å². The van der Waals surface area contributed by atoms with Crippen molar-refractivity contribution in [3.63, 3.8) is 0 Å². The SMILES string of the molecule is COC(=O)C[C@H]1CS(=O)(=O)CC[C@@H]1N. The minimum atomic E-state index is -3.01. The van der Waals surface area contributed by atoms with E-state index in [0.717, 1.165) is 0 Å². The molecule has 1 rings (SSSR count). The lowest BCUT2D eigenvalue weighted by Crippen LogP contribution is -2.42. The first kappa shape index (κ1) is 11.5. The number of carbonyl (C=O) groups is 1. The number of rotatable bonds is 2. The van der Waals surface area contributed by atoms with E-state index < -0.39 is 15.8 Å². The summed E-state index contributed by atoms with van der Waals surface area (Å²) in [5.41, 5.74) is 5.73. The molecule has 1 aliphatic rings. The number of hydrogen-bond acceptors (Lipinski definition) is 5. The number of esters is 1. The number of ether oxygens (including phenoxy) is 1. The molecule has 1 fully saturated rings. The summed E-state index contributed by atoms with van der Waals surface area (Å²) in [6, 6.07) is -0.211. The standard InChI is InChI=1S/C8H15NO4S/c1-13-8(10)4-6-5-14(11,12)3-2-7(6)9/h6-7H,2-5,9H2,1H3/t6-,7-/m0/s1. The molecule has 82 valence electrons. The van der Waals surface area contributed by atoms with Gasteiger partial charge in [-0.05, 0) is 12.3 Å². The quantitative estimate of drug-likeness (QED) is 0.624. The lowest BCUT2D eigenvalue weighted by molar-refractivity contribution is -0.141. The summed E-state index contributed by atoms with van der Waals surface area (Å²) in [5.74, 6) is -0.557. The van der Waals surface area contributed by atoms with Gasteiger partial charge in [-0.2, -0.15) is 0 Å². The molecule has 2 N–H and O–H groups in total. The largest absolute Gasteiger partial charge is 0.469 e. The highest BCUT2D eigenvalue weighted by Gasteiger charge is 2.32. The molecule has 0 saturated carbocycles. The number of hydrogen-bond donors (Lipinski definition) is 1. The fraction of sp³-hybridized carbons (Fsp3) is 0.875. The Bertz CT molecular complexity index is 311. The first-order valence-corrected chi connectivity index (χ1v) is 6.29. The molecule has 0 aliphatic carbocycles. The van der Waals surface area contributed by atoms with Gasteiger partial charge in [0.25, 0.3) is 0 Å². The number of nitrogens with two attached hydrogens (primary N) is 1. The predicted octanol–water partition coefficient (Wildman–Crippen LogP) is -0.688.